The molecule has 0 saturated heterocycles. The van der Waals surface area contributed by atoms with E-state index in [0.29, 0.717) is 17.1 Å². The third-order valence-electron chi connectivity index (χ3n) is 3.77. The summed E-state index contributed by atoms with van der Waals surface area (Å²) < 4.78 is 51.4. The molecule has 0 unspecified atom stereocenters. The van der Waals surface area contributed by atoms with Crippen molar-refractivity contribution in [2.45, 2.75) is 19.2 Å². The monoisotopic (exact) mass is 407 g/mol. The van der Waals surface area contributed by atoms with E-state index in [-0.39, 0.29) is 24.4 Å². The normalized spacial score (nSPS) is 11.2. The van der Waals surface area contributed by atoms with E-state index < -0.39 is 18.0 Å². The number of halogens is 3. The standard InChI is InChI=1S/C19H16F3N3O4/c1-27-13-8-6-12(7-9-13)18-24-17(29-25-18)11-10-16(26)23-14-4-2-3-5-15(14)28-19(20,21)22/h2-9H,10-11H2,1H3,(H,23,26). The molecule has 10 heteroatoms. The summed E-state index contributed by atoms with van der Waals surface area (Å²) in [4.78, 5) is 16.3. The Morgan fingerprint density at radius 1 is 1.14 bits per heavy atom. The molecule has 3 aromatic rings. The Hall–Kier alpha value is -3.56. The Morgan fingerprint density at radius 3 is 2.55 bits per heavy atom. The number of ether oxygens (including phenoxy) is 2. The second kappa shape index (κ2) is 8.63. The van der Waals surface area contributed by atoms with E-state index in [0.717, 1.165) is 6.07 Å². The van der Waals surface area contributed by atoms with Crippen LogP contribution in [0.15, 0.2) is 53.1 Å². The van der Waals surface area contributed by atoms with Crippen molar-refractivity contribution in [3.63, 3.8) is 0 Å². The number of rotatable bonds is 7. The Kier molecular flexibility index (Phi) is 6.01. The fraction of sp³-hybridized carbons (Fsp3) is 0.211. The highest BCUT2D eigenvalue weighted by Crippen LogP contribution is 2.30. The van der Waals surface area contributed by atoms with Gasteiger partial charge in [-0.1, -0.05) is 17.3 Å². The SMILES string of the molecule is COc1ccc(-c2noc(CCC(=O)Nc3ccccc3OC(F)(F)F)n2)cc1. The molecule has 0 saturated carbocycles. The van der Waals surface area contributed by atoms with E-state index in [4.69, 9.17) is 9.26 Å². The summed E-state index contributed by atoms with van der Waals surface area (Å²) in [6, 6.07) is 12.3. The third-order valence-corrected chi connectivity index (χ3v) is 3.77. The van der Waals surface area contributed by atoms with Crippen molar-refractivity contribution in [1.29, 1.82) is 0 Å². The van der Waals surface area contributed by atoms with Gasteiger partial charge in [0, 0.05) is 18.4 Å². The molecule has 0 fully saturated rings. The summed E-state index contributed by atoms with van der Waals surface area (Å²) in [6.45, 7) is 0. The molecule has 1 heterocycles. The lowest BCUT2D eigenvalue weighted by Gasteiger charge is -2.13. The summed E-state index contributed by atoms with van der Waals surface area (Å²) in [6.07, 6.45) is -4.80. The van der Waals surface area contributed by atoms with Gasteiger partial charge in [-0.25, -0.2) is 0 Å². The Bertz CT molecular complexity index is 971. The van der Waals surface area contributed by atoms with Crippen LogP contribution in [0.2, 0.25) is 0 Å². The highest BCUT2D eigenvalue weighted by Gasteiger charge is 2.32. The van der Waals surface area contributed by atoms with E-state index in [9.17, 15) is 18.0 Å². The summed E-state index contributed by atoms with van der Waals surface area (Å²) in [7, 11) is 1.56. The van der Waals surface area contributed by atoms with Gasteiger partial charge in [-0.05, 0) is 36.4 Å². The van der Waals surface area contributed by atoms with Crippen molar-refractivity contribution in [3.05, 3.63) is 54.4 Å². The topological polar surface area (TPSA) is 86.5 Å². The first kappa shape index (κ1) is 20.2. The van der Waals surface area contributed by atoms with Gasteiger partial charge in [0.25, 0.3) is 0 Å². The Morgan fingerprint density at radius 2 is 1.86 bits per heavy atom. The van der Waals surface area contributed by atoms with Crippen LogP contribution in [0.25, 0.3) is 11.4 Å². The molecular weight excluding hydrogens is 391 g/mol. The quantitative estimate of drug-likeness (QED) is 0.631. The van der Waals surface area contributed by atoms with Crippen LogP contribution in [0.5, 0.6) is 11.5 Å². The largest absolute Gasteiger partial charge is 0.573 e. The van der Waals surface area contributed by atoms with Crippen LogP contribution in [-0.2, 0) is 11.2 Å². The minimum atomic E-state index is -4.86. The number of methoxy groups -OCH3 is 1. The van der Waals surface area contributed by atoms with Gasteiger partial charge < -0.3 is 19.3 Å². The first-order valence-electron chi connectivity index (χ1n) is 8.46. The number of hydrogen-bond acceptors (Lipinski definition) is 6. The van der Waals surface area contributed by atoms with Gasteiger partial charge >= 0.3 is 6.36 Å². The summed E-state index contributed by atoms with van der Waals surface area (Å²) in [5.41, 5.74) is 0.628. The highest BCUT2D eigenvalue weighted by atomic mass is 19.4. The van der Waals surface area contributed by atoms with Gasteiger partial charge in [0.1, 0.15) is 5.75 Å². The number of amides is 1. The minimum absolute atomic E-state index is 0.0649. The number of hydrogen-bond donors (Lipinski definition) is 1. The molecule has 0 radical (unpaired) electrons. The summed E-state index contributed by atoms with van der Waals surface area (Å²) in [5, 5.41) is 6.24. The molecule has 1 N–H and O–H groups in total. The molecule has 1 amide bonds. The number of alkyl halides is 3. The number of para-hydroxylation sites is 2. The van der Waals surface area contributed by atoms with E-state index in [1.165, 1.54) is 18.2 Å². The van der Waals surface area contributed by atoms with Crippen molar-refractivity contribution < 1.29 is 32.0 Å². The fourth-order valence-electron chi connectivity index (χ4n) is 2.43. The molecule has 0 bridgehead atoms. The molecular formula is C19H16F3N3O4. The maximum Gasteiger partial charge on any atom is 0.573 e. The van der Waals surface area contributed by atoms with Gasteiger partial charge in [0.05, 0.1) is 12.8 Å². The molecule has 3 rings (SSSR count). The van der Waals surface area contributed by atoms with Crippen molar-refractivity contribution in [1.82, 2.24) is 10.1 Å². The van der Waals surface area contributed by atoms with Crippen LogP contribution < -0.4 is 14.8 Å². The highest BCUT2D eigenvalue weighted by molar-refractivity contribution is 5.92. The molecule has 1 aromatic heterocycles. The first-order chi connectivity index (χ1) is 13.8. The molecule has 29 heavy (non-hydrogen) atoms. The average Bonchev–Trinajstić information content (AvgIpc) is 3.16. The van der Waals surface area contributed by atoms with Gasteiger partial charge in [-0.3, -0.25) is 4.79 Å². The number of benzene rings is 2. The number of nitrogens with zero attached hydrogens (tertiary/aromatic N) is 2. The van der Waals surface area contributed by atoms with Crippen molar-refractivity contribution in [2.24, 2.45) is 0 Å². The number of nitrogens with one attached hydrogen (secondary N) is 1. The van der Waals surface area contributed by atoms with Crippen LogP contribution in [0.1, 0.15) is 12.3 Å². The second-order valence-electron chi connectivity index (χ2n) is 5.83. The van der Waals surface area contributed by atoms with Crippen LogP contribution in [0.4, 0.5) is 18.9 Å². The van der Waals surface area contributed by atoms with E-state index in [1.54, 1.807) is 31.4 Å². The lowest BCUT2D eigenvalue weighted by atomic mass is 10.2. The number of aromatic nitrogens is 2. The van der Waals surface area contributed by atoms with Crippen molar-refractivity contribution in [2.75, 3.05) is 12.4 Å². The maximum atomic E-state index is 12.4. The van der Waals surface area contributed by atoms with Crippen LogP contribution in [0, 0.1) is 0 Å². The molecule has 0 atom stereocenters. The van der Waals surface area contributed by atoms with E-state index in [2.05, 4.69) is 20.2 Å². The third kappa shape index (κ3) is 5.71. The van der Waals surface area contributed by atoms with Crippen molar-refractivity contribution >= 4 is 11.6 Å². The molecule has 0 aliphatic carbocycles. The zero-order valence-corrected chi connectivity index (χ0v) is 15.2. The molecule has 2 aromatic carbocycles. The van der Waals surface area contributed by atoms with Crippen molar-refractivity contribution in [3.8, 4) is 22.9 Å². The smallest absolute Gasteiger partial charge is 0.497 e. The molecule has 0 aliphatic rings. The average molecular weight is 407 g/mol. The van der Waals surface area contributed by atoms with Gasteiger partial charge in [0.2, 0.25) is 17.6 Å². The Balaban J connectivity index is 1.58. The molecule has 7 nitrogen and oxygen atoms in total. The maximum absolute atomic E-state index is 12.4. The minimum Gasteiger partial charge on any atom is -0.497 e. The van der Waals surface area contributed by atoms with E-state index in [1.807, 2.05) is 0 Å². The predicted octanol–water partition coefficient (Wildman–Crippen LogP) is 4.22. The summed E-state index contributed by atoms with van der Waals surface area (Å²) in [5.74, 6) is 0.252. The fourth-order valence-corrected chi connectivity index (χ4v) is 2.43. The van der Waals surface area contributed by atoms with Gasteiger partial charge in [-0.2, -0.15) is 4.98 Å². The number of carbonyl (C=O) groups excluding carboxylic acids is 1. The molecule has 0 aliphatic heterocycles. The van der Waals surface area contributed by atoms with E-state index >= 15 is 0 Å². The lowest BCUT2D eigenvalue weighted by Crippen LogP contribution is -2.19. The number of aryl methyl sites for hydroxylation is 1. The van der Waals surface area contributed by atoms with Crippen LogP contribution in [0.3, 0.4) is 0 Å². The lowest BCUT2D eigenvalue weighted by molar-refractivity contribution is -0.274. The molecule has 0 spiro atoms. The zero-order valence-electron chi connectivity index (χ0n) is 15.2. The van der Waals surface area contributed by atoms with Gasteiger partial charge in [-0.15, -0.1) is 13.2 Å². The van der Waals surface area contributed by atoms with Gasteiger partial charge in [0.15, 0.2) is 5.75 Å². The number of anilines is 1. The molecule has 152 valence electrons. The summed E-state index contributed by atoms with van der Waals surface area (Å²) >= 11 is 0. The van der Waals surface area contributed by atoms with Crippen LogP contribution in [-0.4, -0.2) is 29.5 Å². The second-order valence-corrected chi connectivity index (χ2v) is 5.83. The Labute approximate surface area is 163 Å². The zero-order chi connectivity index (χ0) is 20.9. The number of carbonyl (C=O) groups is 1. The predicted molar refractivity (Wildman–Crippen MR) is 96.4 cm³/mol. The van der Waals surface area contributed by atoms with Crippen LogP contribution >= 0.6 is 0 Å². The first-order valence-corrected chi connectivity index (χ1v) is 8.46.